The van der Waals surface area contributed by atoms with Crippen LogP contribution in [0.4, 0.5) is 0 Å². The van der Waals surface area contributed by atoms with Gasteiger partial charge in [-0.1, -0.05) is 25.1 Å². The molecule has 0 saturated carbocycles. The number of para-hydroxylation sites is 1. The van der Waals surface area contributed by atoms with Crippen LogP contribution in [0.5, 0.6) is 0 Å². The predicted molar refractivity (Wildman–Crippen MR) is 82.4 cm³/mol. The van der Waals surface area contributed by atoms with Crippen LogP contribution in [0.25, 0.3) is 10.9 Å². The van der Waals surface area contributed by atoms with Crippen LogP contribution in [0.1, 0.15) is 18.1 Å². The van der Waals surface area contributed by atoms with Crippen molar-refractivity contribution in [1.82, 2.24) is 9.55 Å². The fourth-order valence-electron chi connectivity index (χ4n) is 2.50. The Bertz CT molecular complexity index is 716. The number of aromatic nitrogens is 2. The summed E-state index contributed by atoms with van der Waals surface area (Å²) < 4.78 is 3.33. The molecule has 0 N–H and O–H groups in total. The van der Waals surface area contributed by atoms with E-state index in [1.54, 1.807) is 0 Å². The van der Waals surface area contributed by atoms with Crippen molar-refractivity contribution in [3.05, 3.63) is 64.5 Å². The van der Waals surface area contributed by atoms with Gasteiger partial charge in [0, 0.05) is 29.6 Å². The summed E-state index contributed by atoms with van der Waals surface area (Å²) >= 11 is 3.47. The second-order valence-electron chi connectivity index (χ2n) is 4.66. The molecule has 2 nitrogen and oxygen atoms in total. The first-order valence-electron chi connectivity index (χ1n) is 6.44. The lowest BCUT2D eigenvalue weighted by Gasteiger charge is -2.09. The molecule has 2 aromatic heterocycles. The molecule has 0 fully saturated rings. The number of rotatable bonds is 3. The first-order valence-corrected chi connectivity index (χ1v) is 7.23. The van der Waals surface area contributed by atoms with Crippen molar-refractivity contribution in [2.45, 2.75) is 19.9 Å². The average Bonchev–Trinajstić information content (AvgIpc) is 2.82. The van der Waals surface area contributed by atoms with Crippen LogP contribution in [-0.4, -0.2) is 9.55 Å². The summed E-state index contributed by atoms with van der Waals surface area (Å²) in [6, 6.07) is 10.8. The van der Waals surface area contributed by atoms with Gasteiger partial charge >= 0.3 is 0 Å². The Morgan fingerprint density at radius 1 is 1.21 bits per heavy atom. The molecule has 0 spiro atoms. The Morgan fingerprint density at radius 2 is 2.11 bits per heavy atom. The molecular formula is C16H15BrN2. The lowest BCUT2D eigenvalue weighted by Crippen LogP contribution is -2.00. The van der Waals surface area contributed by atoms with Crippen molar-refractivity contribution in [1.29, 1.82) is 0 Å². The minimum Gasteiger partial charge on any atom is -0.343 e. The highest BCUT2D eigenvalue weighted by Gasteiger charge is 2.06. The van der Waals surface area contributed by atoms with Gasteiger partial charge in [0.15, 0.2) is 0 Å². The number of nitrogens with zero attached hydrogens (tertiary/aromatic N) is 2. The number of hydrogen-bond donors (Lipinski definition) is 0. The zero-order valence-corrected chi connectivity index (χ0v) is 12.4. The van der Waals surface area contributed by atoms with Gasteiger partial charge in [0.25, 0.3) is 0 Å². The predicted octanol–water partition coefficient (Wildman–Crippen LogP) is 4.41. The van der Waals surface area contributed by atoms with Crippen molar-refractivity contribution >= 4 is 26.8 Å². The molecular weight excluding hydrogens is 300 g/mol. The summed E-state index contributed by atoms with van der Waals surface area (Å²) in [7, 11) is 0. The molecule has 0 aliphatic carbocycles. The van der Waals surface area contributed by atoms with E-state index in [1.807, 2.05) is 12.4 Å². The van der Waals surface area contributed by atoms with Crippen molar-refractivity contribution in [2.75, 3.05) is 0 Å². The van der Waals surface area contributed by atoms with Crippen LogP contribution in [0.15, 0.2) is 53.4 Å². The molecule has 2 heterocycles. The lowest BCUT2D eigenvalue weighted by atomic mass is 10.1. The molecule has 96 valence electrons. The number of pyridine rings is 1. The van der Waals surface area contributed by atoms with Crippen LogP contribution in [0.2, 0.25) is 0 Å². The smallest absolute Gasteiger partial charge is 0.0515 e. The van der Waals surface area contributed by atoms with Crippen LogP contribution < -0.4 is 0 Å². The second-order valence-corrected chi connectivity index (χ2v) is 5.58. The van der Waals surface area contributed by atoms with E-state index in [0.717, 1.165) is 17.4 Å². The Hall–Kier alpha value is -1.61. The molecule has 0 bridgehead atoms. The van der Waals surface area contributed by atoms with E-state index in [0.29, 0.717) is 0 Å². The Labute approximate surface area is 121 Å². The van der Waals surface area contributed by atoms with Gasteiger partial charge in [-0.25, -0.2) is 0 Å². The van der Waals surface area contributed by atoms with Gasteiger partial charge in [0.2, 0.25) is 0 Å². The maximum absolute atomic E-state index is 4.23. The SMILES string of the molecule is CCc1cccc2ccn(Cc3cncc(Br)c3)c12. The highest BCUT2D eigenvalue weighted by Crippen LogP contribution is 2.22. The first kappa shape index (κ1) is 12.4. The van der Waals surface area contributed by atoms with E-state index >= 15 is 0 Å². The molecule has 19 heavy (non-hydrogen) atoms. The number of halogens is 1. The van der Waals surface area contributed by atoms with Crippen LogP contribution >= 0.6 is 15.9 Å². The van der Waals surface area contributed by atoms with Gasteiger partial charge in [-0.15, -0.1) is 0 Å². The van der Waals surface area contributed by atoms with Crippen molar-refractivity contribution in [3.63, 3.8) is 0 Å². The summed E-state index contributed by atoms with van der Waals surface area (Å²) in [5.41, 5.74) is 3.94. The third-order valence-corrected chi connectivity index (χ3v) is 3.80. The molecule has 3 heteroatoms. The lowest BCUT2D eigenvalue weighted by molar-refractivity contribution is 0.825. The third-order valence-electron chi connectivity index (χ3n) is 3.37. The topological polar surface area (TPSA) is 17.8 Å². The molecule has 0 radical (unpaired) electrons. The third kappa shape index (κ3) is 2.43. The summed E-state index contributed by atoms with van der Waals surface area (Å²) in [4.78, 5) is 4.23. The number of benzene rings is 1. The normalized spacial score (nSPS) is 11.1. The molecule has 0 amide bonds. The molecule has 0 aliphatic rings. The van der Waals surface area contributed by atoms with Crippen LogP contribution in [0, 0.1) is 0 Å². The largest absolute Gasteiger partial charge is 0.343 e. The van der Waals surface area contributed by atoms with E-state index in [1.165, 1.54) is 22.0 Å². The Balaban J connectivity index is 2.06. The van der Waals surface area contributed by atoms with E-state index in [4.69, 9.17) is 0 Å². The minimum atomic E-state index is 0.854. The van der Waals surface area contributed by atoms with Crippen LogP contribution in [0.3, 0.4) is 0 Å². The summed E-state index contributed by atoms with van der Waals surface area (Å²) in [5, 5.41) is 1.31. The maximum atomic E-state index is 4.23. The van der Waals surface area contributed by atoms with Gasteiger partial charge in [-0.05, 0) is 51.0 Å². The average molecular weight is 315 g/mol. The van der Waals surface area contributed by atoms with E-state index in [-0.39, 0.29) is 0 Å². The fourth-order valence-corrected chi connectivity index (χ4v) is 2.91. The fraction of sp³-hybridized carbons (Fsp3) is 0.188. The first-order chi connectivity index (χ1) is 9.28. The summed E-state index contributed by atoms with van der Waals surface area (Å²) in [6.45, 7) is 3.06. The molecule has 0 saturated heterocycles. The van der Waals surface area contributed by atoms with Crippen molar-refractivity contribution < 1.29 is 0 Å². The highest BCUT2D eigenvalue weighted by molar-refractivity contribution is 9.10. The van der Waals surface area contributed by atoms with E-state index in [2.05, 4.69) is 68.9 Å². The quantitative estimate of drug-likeness (QED) is 0.700. The molecule has 1 aromatic carbocycles. The zero-order chi connectivity index (χ0) is 13.2. The van der Waals surface area contributed by atoms with Gasteiger partial charge in [-0.2, -0.15) is 0 Å². The molecule has 3 rings (SSSR count). The molecule has 0 aliphatic heterocycles. The number of aryl methyl sites for hydroxylation is 1. The van der Waals surface area contributed by atoms with Gasteiger partial charge < -0.3 is 4.57 Å². The maximum Gasteiger partial charge on any atom is 0.0515 e. The van der Waals surface area contributed by atoms with E-state index < -0.39 is 0 Å². The van der Waals surface area contributed by atoms with Gasteiger partial charge in [0.1, 0.15) is 0 Å². The standard InChI is InChI=1S/C16H15BrN2/c1-2-13-4-3-5-14-6-7-19(16(13)14)11-12-8-15(17)10-18-9-12/h3-10H,2,11H2,1H3. The highest BCUT2D eigenvalue weighted by atomic mass is 79.9. The van der Waals surface area contributed by atoms with Crippen molar-refractivity contribution in [3.8, 4) is 0 Å². The van der Waals surface area contributed by atoms with Gasteiger partial charge in [0.05, 0.1) is 5.52 Å². The minimum absolute atomic E-state index is 0.854. The molecule has 3 aromatic rings. The summed E-state index contributed by atoms with van der Waals surface area (Å²) in [5.74, 6) is 0. The zero-order valence-electron chi connectivity index (χ0n) is 10.8. The number of hydrogen-bond acceptors (Lipinski definition) is 1. The van der Waals surface area contributed by atoms with E-state index in [9.17, 15) is 0 Å². The number of fused-ring (bicyclic) bond motifs is 1. The summed E-state index contributed by atoms with van der Waals surface area (Å²) in [6.07, 6.45) is 6.95. The van der Waals surface area contributed by atoms with Crippen LogP contribution in [-0.2, 0) is 13.0 Å². The molecule has 0 atom stereocenters. The van der Waals surface area contributed by atoms with Crippen molar-refractivity contribution in [2.24, 2.45) is 0 Å². The monoisotopic (exact) mass is 314 g/mol. The van der Waals surface area contributed by atoms with Gasteiger partial charge in [-0.3, -0.25) is 4.98 Å². The Morgan fingerprint density at radius 3 is 2.89 bits per heavy atom. The Kier molecular flexibility index (Phi) is 3.38. The molecule has 0 unspecified atom stereocenters. The second kappa shape index (κ2) is 5.17.